The summed E-state index contributed by atoms with van der Waals surface area (Å²) in [5, 5.41) is 8.89. The number of nitrogens with zero attached hydrogens (tertiary/aromatic N) is 1. The van der Waals surface area contributed by atoms with Crippen molar-refractivity contribution in [3.63, 3.8) is 0 Å². The average molecular weight is 218 g/mol. The van der Waals surface area contributed by atoms with Gasteiger partial charge in [-0.3, -0.25) is 4.90 Å². The second-order valence-electron chi connectivity index (χ2n) is 4.01. The Morgan fingerprint density at radius 1 is 1.43 bits per heavy atom. The maximum absolute atomic E-state index is 10.8. The molecule has 14 heavy (non-hydrogen) atoms. The summed E-state index contributed by atoms with van der Waals surface area (Å²) < 4.78 is 0. The Balaban J connectivity index is 0.000000980. The van der Waals surface area contributed by atoms with Crippen LogP contribution in [0.25, 0.3) is 0 Å². The first kappa shape index (κ1) is 11.5. The van der Waals surface area contributed by atoms with Crippen LogP contribution in [0, 0.1) is 5.92 Å². The highest BCUT2D eigenvalue weighted by Gasteiger charge is 2.31. The van der Waals surface area contributed by atoms with E-state index in [4.69, 9.17) is 5.11 Å². The number of rotatable bonds is 1. The van der Waals surface area contributed by atoms with Gasteiger partial charge in [0.2, 0.25) is 0 Å². The molecule has 0 amide bonds. The molecule has 0 unspecified atom stereocenters. The first-order valence-corrected chi connectivity index (χ1v) is 4.84. The molecule has 3 fully saturated rings. The molecule has 2 bridgehead atoms. The van der Waals surface area contributed by atoms with Crippen LogP contribution in [-0.4, -0.2) is 35.6 Å². The van der Waals surface area contributed by atoms with Crippen LogP contribution in [0.3, 0.4) is 0 Å². The highest BCUT2D eigenvalue weighted by atomic mass is 35.5. The van der Waals surface area contributed by atoms with Crippen molar-refractivity contribution in [2.24, 2.45) is 5.92 Å². The molecule has 3 nitrogen and oxygen atoms in total. The van der Waals surface area contributed by atoms with Crippen LogP contribution in [0.5, 0.6) is 0 Å². The van der Waals surface area contributed by atoms with E-state index in [1.54, 1.807) is 6.92 Å². The third-order valence-corrected chi connectivity index (χ3v) is 3.28. The molecular weight excluding hydrogens is 202 g/mol. The zero-order valence-electron chi connectivity index (χ0n) is 8.32. The maximum atomic E-state index is 10.8. The second kappa shape index (κ2) is 4.32. The maximum Gasteiger partial charge on any atom is 0.331 e. The summed E-state index contributed by atoms with van der Waals surface area (Å²) in [5.74, 6) is -0.190. The van der Waals surface area contributed by atoms with Gasteiger partial charge in [0.1, 0.15) is 0 Å². The van der Waals surface area contributed by atoms with E-state index in [-0.39, 0.29) is 12.4 Å². The van der Waals surface area contributed by atoms with Crippen molar-refractivity contribution in [1.82, 2.24) is 4.90 Å². The number of hydrogen-bond donors (Lipinski definition) is 1. The van der Waals surface area contributed by atoms with Crippen LogP contribution < -0.4 is 0 Å². The molecule has 0 aromatic carbocycles. The largest absolute Gasteiger partial charge is 0.478 e. The van der Waals surface area contributed by atoms with Gasteiger partial charge in [0.05, 0.1) is 0 Å². The summed E-state index contributed by atoms with van der Waals surface area (Å²) in [6.45, 7) is 4.93. The average Bonchev–Trinajstić information content (AvgIpc) is 2.18. The van der Waals surface area contributed by atoms with Crippen molar-refractivity contribution < 1.29 is 9.90 Å². The SMILES string of the molecule is C/C(C(=O)O)=C1/CN2CCC1CC2.Cl. The summed E-state index contributed by atoms with van der Waals surface area (Å²) in [7, 11) is 0. The molecule has 4 heteroatoms. The summed E-state index contributed by atoms with van der Waals surface area (Å²) in [5.41, 5.74) is 1.75. The number of carboxylic acid groups (broad SMARTS) is 1. The fourth-order valence-electron chi connectivity index (χ4n) is 2.37. The predicted molar refractivity (Wildman–Crippen MR) is 56.7 cm³/mol. The van der Waals surface area contributed by atoms with Crippen LogP contribution in [0.4, 0.5) is 0 Å². The summed E-state index contributed by atoms with van der Waals surface area (Å²) in [6.07, 6.45) is 2.31. The number of fused-ring (bicyclic) bond motifs is 3. The molecule has 0 aromatic rings. The van der Waals surface area contributed by atoms with Gasteiger partial charge in [0.25, 0.3) is 0 Å². The van der Waals surface area contributed by atoms with E-state index in [2.05, 4.69) is 4.90 Å². The van der Waals surface area contributed by atoms with Gasteiger partial charge in [-0.25, -0.2) is 4.79 Å². The molecule has 3 heterocycles. The molecule has 0 aliphatic carbocycles. The first-order valence-electron chi connectivity index (χ1n) is 4.84. The van der Waals surface area contributed by atoms with Crippen LogP contribution in [-0.2, 0) is 4.79 Å². The van der Waals surface area contributed by atoms with Crippen molar-refractivity contribution >= 4 is 18.4 Å². The van der Waals surface area contributed by atoms with Crippen LogP contribution in [0.2, 0.25) is 0 Å². The third kappa shape index (κ3) is 1.93. The summed E-state index contributed by atoms with van der Waals surface area (Å²) >= 11 is 0. The van der Waals surface area contributed by atoms with Crippen molar-refractivity contribution in [2.75, 3.05) is 19.6 Å². The Morgan fingerprint density at radius 3 is 2.36 bits per heavy atom. The predicted octanol–water partition coefficient (Wildman–Crippen LogP) is 1.53. The van der Waals surface area contributed by atoms with Crippen LogP contribution in [0.1, 0.15) is 19.8 Å². The first-order chi connectivity index (χ1) is 6.18. The highest BCUT2D eigenvalue weighted by Crippen LogP contribution is 2.33. The molecular formula is C10H16ClNO2. The number of piperidine rings is 3. The topological polar surface area (TPSA) is 40.5 Å². The Labute approximate surface area is 90.2 Å². The Morgan fingerprint density at radius 2 is 2.00 bits per heavy atom. The minimum absolute atomic E-state index is 0. The number of aliphatic carboxylic acids is 1. The van der Waals surface area contributed by atoms with Gasteiger partial charge in [-0.2, -0.15) is 0 Å². The number of carboxylic acids is 1. The van der Waals surface area contributed by atoms with Gasteiger partial charge in [-0.1, -0.05) is 0 Å². The fourth-order valence-corrected chi connectivity index (χ4v) is 2.37. The van der Waals surface area contributed by atoms with E-state index < -0.39 is 5.97 Å². The van der Waals surface area contributed by atoms with E-state index in [9.17, 15) is 4.79 Å². The van der Waals surface area contributed by atoms with Gasteiger partial charge in [0.15, 0.2) is 0 Å². The molecule has 0 atom stereocenters. The fraction of sp³-hybridized carbons (Fsp3) is 0.700. The molecule has 3 rings (SSSR count). The number of hydrogen-bond acceptors (Lipinski definition) is 2. The van der Waals surface area contributed by atoms with Gasteiger partial charge >= 0.3 is 5.97 Å². The lowest BCUT2D eigenvalue weighted by molar-refractivity contribution is -0.132. The number of halogens is 1. The lowest BCUT2D eigenvalue weighted by atomic mass is 9.81. The van der Waals surface area contributed by atoms with E-state index in [0.29, 0.717) is 11.5 Å². The molecule has 0 saturated carbocycles. The minimum atomic E-state index is -0.747. The number of carbonyl (C=O) groups is 1. The van der Waals surface area contributed by atoms with Crippen molar-refractivity contribution in [1.29, 1.82) is 0 Å². The van der Waals surface area contributed by atoms with E-state index in [0.717, 1.165) is 32.5 Å². The molecule has 3 aliphatic rings. The molecule has 0 spiro atoms. The zero-order chi connectivity index (χ0) is 9.42. The Hall–Kier alpha value is -0.540. The summed E-state index contributed by atoms with van der Waals surface area (Å²) in [6, 6.07) is 0. The van der Waals surface area contributed by atoms with E-state index in [1.807, 2.05) is 0 Å². The van der Waals surface area contributed by atoms with Crippen molar-refractivity contribution in [3.8, 4) is 0 Å². The van der Waals surface area contributed by atoms with Crippen LogP contribution >= 0.6 is 12.4 Å². The molecule has 1 N–H and O–H groups in total. The van der Waals surface area contributed by atoms with E-state index >= 15 is 0 Å². The molecule has 80 valence electrons. The smallest absolute Gasteiger partial charge is 0.331 e. The second-order valence-corrected chi connectivity index (χ2v) is 4.01. The molecule has 3 saturated heterocycles. The van der Waals surface area contributed by atoms with Crippen molar-refractivity contribution in [2.45, 2.75) is 19.8 Å². The van der Waals surface area contributed by atoms with Gasteiger partial charge in [-0.05, 0) is 44.3 Å². The lowest BCUT2D eigenvalue weighted by Gasteiger charge is -2.41. The normalized spacial score (nSPS) is 33.5. The zero-order valence-corrected chi connectivity index (χ0v) is 9.14. The highest BCUT2D eigenvalue weighted by molar-refractivity contribution is 5.87. The Kier molecular flexibility index (Phi) is 3.56. The van der Waals surface area contributed by atoms with Crippen LogP contribution in [0.15, 0.2) is 11.1 Å². The van der Waals surface area contributed by atoms with Crippen molar-refractivity contribution in [3.05, 3.63) is 11.1 Å². The van der Waals surface area contributed by atoms with E-state index in [1.165, 1.54) is 5.57 Å². The molecule has 0 aromatic heterocycles. The molecule has 3 aliphatic heterocycles. The minimum Gasteiger partial charge on any atom is -0.478 e. The van der Waals surface area contributed by atoms with Gasteiger partial charge in [0, 0.05) is 12.1 Å². The standard InChI is InChI=1S/C10H15NO2.ClH/c1-7(10(12)13)9-6-11-4-2-8(9)3-5-11;/h8H,2-6H2,1H3,(H,12,13);1H/b9-7+;. The summed E-state index contributed by atoms with van der Waals surface area (Å²) in [4.78, 5) is 13.1. The quantitative estimate of drug-likeness (QED) is 0.678. The van der Waals surface area contributed by atoms with Gasteiger partial charge in [-0.15, -0.1) is 12.4 Å². The lowest BCUT2D eigenvalue weighted by Crippen LogP contribution is -2.43. The monoisotopic (exact) mass is 217 g/mol. The van der Waals surface area contributed by atoms with Gasteiger partial charge < -0.3 is 5.11 Å². The Bertz CT molecular complexity index is 267. The third-order valence-electron chi connectivity index (χ3n) is 3.28. The molecule has 0 radical (unpaired) electrons.